The second-order valence-corrected chi connectivity index (χ2v) is 20.7. The summed E-state index contributed by atoms with van der Waals surface area (Å²) >= 11 is 0. The maximum absolute atomic E-state index is 18.3. The van der Waals surface area contributed by atoms with Crippen molar-refractivity contribution in [2.45, 2.75) is 125 Å². The van der Waals surface area contributed by atoms with Crippen LogP contribution in [0.15, 0.2) is 121 Å². The van der Waals surface area contributed by atoms with Crippen LogP contribution in [-0.2, 0) is 83.4 Å². The molecule has 3 heterocycles. The minimum Gasteiger partial charge on any atom is -0.465 e. The average Bonchev–Trinajstić information content (AvgIpc) is 4.07. The predicted molar refractivity (Wildman–Crippen MR) is 260 cm³/mol. The molecule has 74 heavy (non-hydrogen) atoms. The largest absolute Gasteiger partial charge is 0.465 e. The zero-order chi connectivity index (χ0) is 51.4. The van der Waals surface area contributed by atoms with Crippen LogP contribution in [-0.4, -0.2) is 129 Å². The quantitative estimate of drug-likeness (QED) is 0.0911. The van der Waals surface area contributed by atoms with E-state index in [0.717, 1.165) is 11.1 Å². The van der Waals surface area contributed by atoms with Gasteiger partial charge in [0.2, 0.25) is 0 Å². The van der Waals surface area contributed by atoms with Crippen molar-refractivity contribution in [3.8, 4) is 0 Å². The number of ether oxygens (including phenoxy) is 10. The number of alkyl halides is 2. The zero-order valence-corrected chi connectivity index (χ0v) is 41.6. The Hall–Kier alpha value is -4.76. The number of carbonyl (C=O) groups is 2. The van der Waals surface area contributed by atoms with Gasteiger partial charge in [-0.3, -0.25) is 9.59 Å². The smallest absolute Gasteiger partial charge is 0.379 e. The molecule has 6 aliphatic rings. The van der Waals surface area contributed by atoms with Crippen LogP contribution < -0.4 is 5.32 Å². The van der Waals surface area contributed by atoms with Gasteiger partial charge in [0.25, 0.3) is 11.7 Å². The summed E-state index contributed by atoms with van der Waals surface area (Å²) in [5.74, 6) is -13.8. The van der Waals surface area contributed by atoms with Crippen LogP contribution in [0.25, 0.3) is 0 Å². The second-order valence-electron chi connectivity index (χ2n) is 20.7. The van der Waals surface area contributed by atoms with E-state index >= 15 is 13.6 Å². The van der Waals surface area contributed by atoms with Crippen molar-refractivity contribution in [2.24, 2.45) is 35.5 Å². The summed E-state index contributed by atoms with van der Waals surface area (Å²) in [6.07, 6.45) is -7.44. The first-order chi connectivity index (χ1) is 36.0. The topological polar surface area (TPSA) is 179 Å². The number of nitrogens with one attached hydrogen (secondary N) is 1. The highest BCUT2D eigenvalue weighted by molar-refractivity contribution is 5.85. The van der Waals surface area contributed by atoms with Crippen LogP contribution >= 0.6 is 0 Å². The lowest BCUT2D eigenvalue weighted by atomic mass is 9.51. The molecule has 15 atom stereocenters. The maximum atomic E-state index is 18.3. The highest BCUT2D eigenvalue weighted by atomic mass is 19.3. The van der Waals surface area contributed by atoms with Crippen molar-refractivity contribution >= 4 is 11.9 Å². The van der Waals surface area contributed by atoms with Crippen LogP contribution in [0.1, 0.15) is 47.9 Å². The normalized spacial score (nSPS) is 35.8. The molecular formula is C57H67F2NO14. The molecule has 3 aliphatic carbocycles. The first kappa shape index (κ1) is 52.7. The van der Waals surface area contributed by atoms with Crippen molar-refractivity contribution in [3.05, 3.63) is 144 Å². The van der Waals surface area contributed by atoms with E-state index in [1.807, 2.05) is 91.0 Å². The Labute approximate surface area is 430 Å². The fraction of sp³-hybridized carbons (Fsp3) is 0.544. The minimum absolute atomic E-state index is 0.000824. The first-order valence-corrected chi connectivity index (χ1v) is 25.8. The number of benzene rings is 4. The van der Waals surface area contributed by atoms with E-state index in [-0.39, 0.29) is 70.3 Å². The summed E-state index contributed by atoms with van der Waals surface area (Å²) in [6, 6.07) is 35.5. The predicted octanol–water partition coefficient (Wildman–Crippen LogP) is 6.15. The van der Waals surface area contributed by atoms with Crippen LogP contribution in [0.2, 0.25) is 0 Å². The standard InChI is InChI=1S/C57H67F2NO14/c1-65-44-23-38(24-45(66-2)50(44)61)47-39-25-42-43(73-33-72-42)26-40(39)49(41-31-71-54(62)48(41)47)60-55(63)56(58,59)57(64)53(70-30-37-21-13-6-14-22-37)52(69-29-36-19-11-5-12-20-36)51(68-28-35-17-9-4-10-18-35)46(74-57)32-67-27-34-15-7-3-8-16-34/h3-22,38-53,61,64H,23-33H2,1-2H3,(H,60,63)/t38?,39?,40?,41-,42?,43?,44?,45?,46+,47+,48-,49+,50?,51+,52-,53+,57+/m0/s1. The fourth-order valence-electron chi connectivity index (χ4n) is 12.9. The van der Waals surface area contributed by atoms with Crippen LogP contribution in [0.4, 0.5) is 8.78 Å². The monoisotopic (exact) mass is 1030 g/mol. The molecule has 17 heteroatoms. The van der Waals surface area contributed by atoms with E-state index in [2.05, 4.69) is 5.32 Å². The van der Waals surface area contributed by atoms with Gasteiger partial charge in [-0.25, -0.2) is 0 Å². The van der Waals surface area contributed by atoms with E-state index in [9.17, 15) is 15.0 Å². The number of esters is 1. The Bertz CT molecular complexity index is 2430. The third-order valence-corrected chi connectivity index (χ3v) is 16.5. The number of halogens is 2. The van der Waals surface area contributed by atoms with E-state index in [4.69, 9.17) is 47.4 Å². The number of aliphatic hydroxyl groups is 2. The summed E-state index contributed by atoms with van der Waals surface area (Å²) in [4.78, 5) is 29.2. The molecule has 1 amide bonds. The Balaban J connectivity index is 1.01. The minimum atomic E-state index is -4.77. The number of aliphatic hydroxyl groups excluding tert-OH is 1. The number of amides is 1. The molecule has 10 rings (SSSR count). The van der Waals surface area contributed by atoms with Crippen molar-refractivity contribution in [3.63, 3.8) is 0 Å². The van der Waals surface area contributed by atoms with E-state index in [0.29, 0.717) is 36.8 Å². The van der Waals surface area contributed by atoms with Crippen molar-refractivity contribution < 1.29 is 76.0 Å². The van der Waals surface area contributed by atoms with Gasteiger partial charge in [0.1, 0.15) is 37.3 Å². The Morgan fingerprint density at radius 2 is 1.19 bits per heavy atom. The summed E-state index contributed by atoms with van der Waals surface area (Å²) in [7, 11) is 3.05. The molecule has 6 fully saturated rings. The molecule has 4 aromatic rings. The van der Waals surface area contributed by atoms with Gasteiger partial charge in [0.15, 0.2) is 0 Å². The molecule has 4 aromatic carbocycles. The highest BCUT2D eigenvalue weighted by Crippen LogP contribution is 2.57. The third kappa shape index (κ3) is 10.8. The zero-order valence-electron chi connectivity index (χ0n) is 41.6. The fourth-order valence-corrected chi connectivity index (χ4v) is 12.9. The molecule has 3 aliphatic heterocycles. The van der Waals surface area contributed by atoms with Gasteiger partial charge in [0, 0.05) is 26.2 Å². The van der Waals surface area contributed by atoms with Crippen LogP contribution in [0.3, 0.4) is 0 Å². The van der Waals surface area contributed by atoms with Gasteiger partial charge in [0.05, 0.1) is 70.0 Å². The van der Waals surface area contributed by atoms with Crippen LogP contribution in [0, 0.1) is 35.5 Å². The van der Waals surface area contributed by atoms with Gasteiger partial charge >= 0.3 is 11.9 Å². The van der Waals surface area contributed by atoms with Gasteiger partial charge < -0.3 is 62.9 Å². The van der Waals surface area contributed by atoms with Crippen LogP contribution in [0.5, 0.6) is 0 Å². The van der Waals surface area contributed by atoms with Gasteiger partial charge in [-0.15, -0.1) is 0 Å². The highest BCUT2D eigenvalue weighted by Gasteiger charge is 2.72. The number of cyclic esters (lactones) is 1. The molecular weight excluding hydrogens is 961 g/mol. The lowest BCUT2D eigenvalue weighted by Crippen LogP contribution is -2.76. The average molecular weight is 1030 g/mol. The van der Waals surface area contributed by atoms with Gasteiger partial charge in [-0.05, 0) is 71.6 Å². The van der Waals surface area contributed by atoms with Crippen molar-refractivity contribution in [2.75, 3.05) is 34.2 Å². The lowest BCUT2D eigenvalue weighted by Gasteiger charge is -2.56. The number of hydrogen-bond acceptors (Lipinski definition) is 14. The summed E-state index contributed by atoms with van der Waals surface area (Å²) in [6.45, 7) is -0.780. The third-order valence-electron chi connectivity index (χ3n) is 16.5. The number of hydrogen-bond donors (Lipinski definition) is 3. The number of methoxy groups -OCH3 is 2. The van der Waals surface area contributed by atoms with Gasteiger partial charge in [-0.2, -0.15) is 8.78 Å². The van der Waals surface area contributed by atoms with E-state index in [1.54, 1.807) is 30.3 Å². The number of carbonyl (C=O) groups excluding carboxylic acids is 2. The molecule has 6 unspecified atom stereocenters. The van der Waals surface area contributed by atoms with Crippen molar-refractivity contribution in [1.29, 1.82) is 0 Å². The molecule has 398 valence electrons. The molecule has 0 spiro atoms. The Morgan fingerprint density at radius 3 is 1.73 bits per heavy atom. The molecule has 3 saturated heterocycles. The molecule has 3 N–H and O–H groups in total. The molecule has 0 aromatic heterocycles. The Morgan fingerprint density at radius 1 is 0.689 bits per heavy atom. The van der Waals surface area contributed by atoms with Gasteiger partial charge in [-0.1, -0.05) is 121 Å². The molecule has 0 radical (unpaired) electrons. The Kier molecular flexibility index (Phi) is 16.5. The second kappa shape index (κ2) is 23.2. The molecule has 15 nitrogen and oxygen atoms in total. The number of rotatable bonds is 19. The first-order valence-electron chi connectivity index (χ1n) is 25.8. The SMILES string of the molecule is COC1CC([C@@H]2C3CC4OCOC4CC3[C@@H](NC(=O)C(F)(F)[C@]3(O)O[C@H](COCc4ccccc4)[C@@H](OCc4ccccc4)[C@H](OCc4ccccc4)[C@H]3OCc3ccccc3)[C@H]3COC(=O)[C@H]23)CC(OC)C1O. The summed E-state index contributed by atoms with van der Waals surface area (Å²) < 4.78 is 98.3. The lowest BCUT2D eigenvalue weighted by molar-refractivity contribution is -0.415. The molecule has 3 saturated carbocycles. The summed E-state index contributed by atoms with van der Waals surface area (Å²) in [5, 5.41) is 27.0. The maximum Gasteiger partial charge on any atom is 0.379 e. The summed E-state index contributed by atoms with van der Waals surface area (Å²) in [5.41, 5.74) is 2.86. The number of fused-ring (bicyclic) bond motifs is 3. The van der Waals surface area contributed by atoms with E-state index < -0.39 is 96.2 Å². The van der Waals surface area contributed by atoms with Crippen molar-refractivity contribution in [1.82, 2.24) is 5.32 Å². The van der Waals surface area contributed by atoms with E-state index in [1.165, 1.54) is 14.2 Å². The molecule has 0 bridgehead atoms.